The van der Waals surface area contributed by atoms with E-state index in [-0.39, 0.29) is 17.3 Å². The van der Waals surface area contributed by atoms with Crippen molar-refractivity contribution in [2.75, 3.05) is 0 Å². The highest BCUT2D eigenvalue weighted by atomic mass is 16.5. The summed E-state index contributed by atoms with van der Waals surface area (Å²) < 4.78 is 5.57. The molecule has 0 N–H and O–H groups in total. The van der Waals surface area contributed by atoms with E-state index in [1.54, 1.807) is 0 Å². The Hall–Kier alpha value is -1.31. The lowest BCUT2D eigenvalue weighted by Crippen LogP contribution is -2.20. The predicted octanol–water partition coefficient (Wildman–Crippen LogP) is 3.70. The molecule has 0 aliphatic rings. The quantitative estimate of drug-likeness (QED) is 0.726. The van der Waals surface area contributed by atoms with Gasteiger partial charge >= 0.3 is 0 Å². The second kappa shape index (κ2) is 4.69. The van der Waals surface area contributed by atoms with Crippen LogP contribution in [0.15, 0.2) is 24.3 Å². The van der Waals surface area contributed by atoms with Crippen LogP contribution in [0, 0.1) is 5.41 Å². The summed E-state index contributed by atoms with van der Waals surface area (Å²) in [5, 5.41) is 0. The van der Waals surface area contributed by atoms with Crippen LogP contribution < -0.4 is 4.74 Å². The van der Waals surface area contributed by atoms with E-state index in [0.717, 1.165) is 5.75 Å². The molecular formula is C14H20O2. The largest absolute Gasteiger partial charge is 0.491 e. The molecule has 0 saturated carbocycles. The summed E-state index contributed by atoms with van der Waals surface area (Å²) in [6.07, 6.45) is 0.125. The molecular weight excluding hydrogens is 200 g/mol. The fraction of sp³-hybridized carbons (Fsp3) is 0.500. The van der Waals surface area contributed by atoms with E-state index in [1.807, 2.05) is 58.9 Å². The zero-order chi connectivity index (χ0) is 12.3. The lowest BCUT2D eigenvalue weighted by Gasteiger charge is -2.17. The first-order valence-electron chi connectivity index (χ1n) is 5.62. The number of carbonyl (C=O) groups is 1. The Bertz CT molecular complexity index is 373. The SMILES string of the molecule is CC(C)Oc1cccc(C(=O)C(C)(C)C)c1. The predicted molar refractivity (Wildman–Crippen MR) is 66.0 cm³/mol. The number of hydrogen-bond donors (Lipinski definition) is 0. The van der Waals surface area contributed by atoms with Crippen molar-refractivity contribution in [3.05, 3.63) is 29.8 Å². The summed E-state index contributed by atoms with van der Waals surface area (Å²) in [7, 11) is 0. The van der Waals surface area contributed by atoms with Crippen molar-refractivity contribution in [1.29, 1.82) is 0 Å². The second-order valence-corrected chi connectivity index (χ2v) is 5.27. The van der Waals surface area contributed by atoms with Crippen molar-refractivity contribution in [3.8, 4) is 5.75 Å². The standard InChI is InChI=1S/C14H20O2/c1-10(2)16-12-8-6-7-11(9-12)13(15)14(3,4)5/h6-10H,1-5H3. The van der Waals surface area contributed by atoms with Crippen molar-refractivity contribution in [2.24, 2.45) is 5.41 Å². The lowest BCUT2D eigenvalue weighted by molar-refractivity contribution is 0.0857. The molecule has 0 unspecified atom stereocenters. The molecule has 2 nitrogen and oxygen atoms in total. The van der Waals surface area contributed by atoms with E-state index in [4.69, 9.17) is 4.74 Å². The number of hydrogen-bond acceptors (Lipinski definition) is 2. The third kappa shape index (κ3) is 3.37. The molecule has 0 atom stereocenters. The Morgan fingerprint density at radius 3 is 2.38 bits per heavy atom. The smallest absolute Gasteiger partial charge is 0.168 e. The number of ether oxygens (including phenoxy) is 1. The Kier molecular flexibility index (Phi) is 3.74. The van der Waals surface area contributed by atoms with Crippen LogP contribution in [-0.2, 0) is 0 Å². The molecule has 0 bridgehead atoms. The van der Waals surface area contributed by atoms with E-state index in [1.165, 1.54) is 0 Å². The maximum absolute atomic E-state index is 12.0. The summed E-state index contributed by atoms with van der Waals surface area (Å²) in [6, 6.07) is 7.38. The molecule has 1 aromatic carbocycles. The third-order valence-electron chi connectivity index (χ3n) is 2.15. The highest BCUT2D eigenvalue weighted by Crippen LogP contribution is 2.23. The Morgan fingerprint density at radius 2 is 1.88 bits per heavy atom. The maximum atomic E-state index is 12.0. The van der Waals surface area contributed by atoms with Crippen LogP contribution in [0.25, 0.3) is 0 Å². The summed E-state index contributed by atoms with van der Waals surface area (Å²) in [6.45, 7) is 9.71. The minimum Gasteiger partial charge on any atom is -0.491 e. The van der Waals surface area contributed by atoms with Gasteiger partial charge in [-0.2, -0.15) is 0 Å². The zero-order valence-electron chi connectivity index (χ0n) is 10.7. The number of Topliss-reactive ketones (excluding diaryl/α,β-unsaturated/α-hetero) is 1. The van der Waals surface area contributed by atoms with Crippen LogP contribution >= 0.6 is 0 Å². The molecule has 0 saturated heterocycles. The normalized spacial score (nSPS) is 11.6. The van der Waals surface area contributed by atoms with Crippen LogP contribution in [0.5, 0.6) is 5.75 Å². The molecule has 1 aromatic rings. The lowest BCUT2D eigenvalue weighted by atomic mass is 9.86. The van der Waals surface area contributed by atoms with Crippen molar-refractivity contribution in [3.63, 3.8) is 0 Å². The Balaban J connectivity index is 2.95. The second-order valence-electron chi connectivity index (χ2n) is 5.27. The van der Waals surface area contributed by atoms with Crippen LogP contribution in [0.4, 0.5) is 0 Å². The van der Waals surface area contributed by atoms with Gasteiger partial charge in [-0.3, -0.25) is 4.79 Å². The fourth-order valence-corrected chi connectivity index (χ4v) is 1.42. The van der Waals surface area contributed by atoms with Crippen LogP contribution in [0.1, 0.15) is 45.0 Å². The molecule has 1 rings (SSSR count). The van der Waals surface area contributed by atoms with Gasteiger partial charge in [0, 0.05) is 11.0 Å². The summed E-state index contributed by atoms with van der Waals surface area (Å²) in [5.41, 5.74) is 0.363. The molecule has 0 radical (unpaired) electrons. The molecule has 0 aliphatic heterocycles. The van der Waals surface area contributed by atoms with Gasteiger partial charge in [0.1, 0.15) is 5.75 Å². The molecule has 0 aliphatic carbocycles. The van der Waals surface area contributed by atoms with Crippen molar-refractivity contribution >= 4 is 5.78 Å². The number of rotatable bonds is 3. The summed E-state index contributed by atoms with van der Waals surface area (Å²) >= 11 is 0. The van der Waals surface area contributed by atoms with E-state index in [2.05, 4.69) is 0 Å². The van der Waals surface area contributed by atoms with E-state index in [0.29, 0.717) is 5.56 Å². The van der Waals surface area contributed by atoms with Crippen LogP contribution in [0.3, 0.4) is 0 Å². The Labute approximate surface area is 97.6 Å². The minimum atomic E-state index is -0.351. The maximum Gasteiger partial charge on any atom is 0.168 e. The fourth-order valence-electron chi connectivity index (χ4n) is 1.42. The molecule has 0 spiro atoms. The summed E-state index contributed by atoms with van der Waals surface area (Å²) in [5.74, 6) is 0.895. The molecule has 16 heavy (non-hydrogen) atoms. The molecule has 0 heterocycles. The highest BCUT2D eigenvalue weighted by molar-refractivity contribution is 6.00. The first-order chi connectivity index (χ1) is 7.30. The first kappa shape index (κ1) is 12.8. The van der Waals surface area contributed by atoms with Gasteiger partial charge in [-0.15, -0.1) is 0 Å². The topological polar surface area (TPSA) is 26.3 Å². The van der Waals surface area contributed by atoms with Gasteiger partial charge < -0.3 is 4.74 Å². The van der Waals surface area contributed by atoms with E-state index in [9.17, 15) is 4.79 Å². The number of ketones is 1. The van der Waals surface area contributed by atoms with Gasteiger partial charge in [0.05, 0.1) is 6.10 Å². The number of carbonyl (C=O) groups excluding carboxylic acids is 1. The summed E-state index contributed by atoms with van der Waals surface area (Å²) in [4.78, 5) is 12.0. The van der Waals surface area contributed by atoms with Crippen molar-refractivity contribution in [2.45, 2.75) is 40.7 Å². The van der Waals surface area contributed by atoms with Crippen molar-refractivity contribution < 1.29 is 9.53 Å². The average Bonchev–Trinajstić information content (AvgIpc) is 2.14. The van der Waals surface area contributed by atoms with Gasteiger partial charge in [0.15, 0.2) is 5.78 Å². The zero-order valence-corrected chi connectivity index (χ0v) is 10.7. The highest BCUT2D eigenvalue weighted by Gasteiger charge is 2.22. The van der Waals surface area contributed by atoms with E-state index >= 15 is 0 Å². The van der Waals surface area contributed by atoms with Gasteiger partial charge in [-0.05, 0) is 26.0 Å². The monoisotopic (exact) mass is 220 g/mol. The van der Waals surface area contributed by atoms with Gasteiger partial charge in [-0.25, -0.2) is 0 Å². The molecule has 0 aromatic heterocycles. The molecule has 88 valence electrons. The molecule has 0 amide bonds. The Morgan fingerprint density at radius 1 is 1.25 bits per heavy atom. The minimum absolute atomic E-state index is 0.125. The van der Waals surface area contributed by atoms with Gasteiger partial charge in [0.2, 0.25) is 0 Å². The van der Waals surface area contributed by atoms with Crippen molar-refractivity contribution in [1.82, 2.24) is 0 Å². The third-order valence-corrected chi connectivity index (χ3v) is 2.15. The van der Waals surface area contributed by atoms with Crippen LogP contribution in [0.2, 0.25) is 0 Å². The van der Waals surface area contributed by atoms with Gasteiger partial charge in [0.25, 0.3) is 0 Å². The van der Waals surface area contributed by atoms with E-state index < -0.39 is 0 Å². The van der Waals surface area contributed by atoms with Gasteiger partial charge in [-0.1, -0.05) is 32.9 Å². The van der Waals surface area contributed by atoms with Crippen LogP contribution in [-0.4, -0.2) is 11.9 Å². The molecule has 2 heteroatoms. The molecule has 0 fully saturated rings. The number of benzene rings is 1. The first-order valence-corrected chi connectivity index (χ1v) is 5.62. The average molecular weight is 220 g/mol.